The Bertz CT molecular complexity index is 1470. The molecule has 1 atom stereocenters. The normalized spacial score (nSPS) is 15.6. The number of hydrogen-bond acceptors (Lipinski definition) is 7. The van der Waals surface area contributed by atoms with E-state index in [2.05, 4.69) is 4.99 Å². The predicted molar refractivity (Wildman–Crippen MR) is 132 cm³/mol. The van der Waals surface area contributed by atoms with Crippen molar-refractivity contribution in [1.82, 2.24) is 4.57 Å². The van der Waals surface area contributed by atoms with Gasteiger partial charge in [0.2, 0.25) is 0 Å². The summed E-state index contributed by atoms with van der Waals surface area (Å²) in [7, 11) is 0. The van der Waals surface area contributed by atoms with E-state index in [9.17, 15) is 14.4 Å². The standard InChI is InChI=1S/C25H22N2O5S2/c1-4-32-24(31)20-14(2)26-25-27(21(20)16-9-11-18(33-3)12-10-16)22(28)19(34-25)13-15-5-7-17(8-6-15)23(29)30/h5-13,21H,4H2,1-3H3,(H,29,30)/b19-13-/t21-/m0/s1. The molecule has 1 aromatic heterocycles. The second-order valence-electron chi connectivity index (χ2n) is 7.50. The average molecular weight is 495 g/mol. The Labute approximate surface area is 203 Å². The number of thioether (sulfide) groups is 1. The molecule has 1 N–H and O–H groups in total. The number of carbonyl (C=O) groups is 2. The lowest BCUT2D eigenvalue weighted by molar-refractivity contribution is -0.139. The number of fused-ring (bicyclic) bond motifs is 1. The fourth-order valence-electron chi connectivity index (χ4n) is 3.77. The van der Waals surface area contributed by atoms with Crippen LogP contribution in [0.2, 0.25) is 0 Å². The molecule has 0 unspecified atom stereocenters. The lowest BCUT2D eigenvalue weighted by Gasteiger charge is -2.24. The molecule has 3 aromatic rings. The number of ether oxygens (including phenoxy) is 1. The van der Waals surface area contributed by atoms with Crippen molar-refractivity contribution < 1.29 is 19.4 Å². The second-order valence-corrected chi connectivity index (χ2v) is 9.39. The van der Waals surface area contributed by atoms with Gasteiger partial charge < -0.3 is 9.84 Å². The van der Waals surface area contributed by atoms with Gasteiger partial charge in [0.25, 0.3) is 5.56 Å². The number of thiazole rings is 1. The van der Waals surface area contributed by atoms with Crippen LogP contribution >= 0.6 is 23.1 Å². The summed E-state index contributed by atoms with van der Waals surface area (Å²) in [5.74, 6) is -1.51. The first kappa shape index (κ1) is 23.7. The monoisotopic (exact) mass is 494 g/mol. The Hall–Kier alpha value is -3.43. The highest BCUT2D eigenvalue weighted by molar-refractivity contribution is 7.98. The van der Waals surface area contributed by atoms with Crippen molar-refractivity contribution in [2.45, 2.75) is 24.8 Å². The lowest BCUT2D eigenvalue weighted by Crippen LogP contribution is -2.39. The van der Waals surface area contributed by atoms with Gasteiger partial charge in [-0.1, -0.05) is 35.6 Å². The van der Waals surface area contributed by atoms with Crippen LogP contribution in [-0.4, -0.2) is 34.5 Å². The molecule has 0 amide bonds. The molecule has 1 aliphatic heterocycles. The molecule has 4 rings (SSSR count). The minimum absolute atomic E-state index is 0.169. The van der Waals surface area contributed by atoms with Crippen molar-refractivity contribution in [2.75, 3.05) is 12.9 Å². The maximum absolute atomic E-state index is 13.5. The summed E-state index contributed by atoms with van der Waals surface area (Å²) < 4.78 is 7.28. The van der Waals surface area contributed by atoms with E-state index >= 15 is 0 Å². The van der Waals surface area contributed by atoms with Crippen molar-refractivity contribution >= 4 is 41.1 Å². The van der Waals surface area contributed by atoms with Gasteiger partial charge in [0.1, 0.15) is 0 Å². The first-order valence-corrected chi connectivity index (χ1v) is 12.5. The molecule has 7 nitrogen and oxygen atoms in total. The number of aromatic nitrogens is 1. The third-order valence-electron chi connectivity index (χ3n) is 5.40. The van der Waals surface area contributed by atoms with E-state index in [1.54, 1.807) is 43.8 Å². The number of benzene rings is 2. The van der Waals surface area contributed by atoms with Crippen molar-refractivity contribution in [2.24, 2.45) is 4.99 Å². The maximum Gasteiger partial charge on any atom is 0.338 e. The Morgan fingerprint density at radius 3 is 2.44 bits per heavy atom. The van der Waals surface area contributed by atoms with E-state index in [0.29, 0.717) is 26.2 Å². The smallest absolute Gasteiger partial charge is 0.338 e. The van der Waals surface area contributed by atoms with Gasteiger partial charge in [-0.25, -0.2) is 14.6 Å². The molecule has 0 saturated heterocycles. The summed E-state index contributed by atoms with van der Waals surface area (Å²) in [5, 5.41) is 9.11. The van der Waals surface area contributed by atoms with Crippen molar-refractivity contribution in [3.8, 4) is 0 Å². The number of aromatic carboxylic acids is 1. The molecule has 34 heavy (non-hydrogen) atoms. The van der Waals surface area contributed by atoms with Gasteiger partial charge in [-0.05, 0) is 61.6 Å². The van der Waals surface area contributed by atoms with E-state index in [0.717, 1.165) is 10.5 Å². The Kier molecular flexibility index (Phi) is 6.85. The number of nitrogens with zero attached hydrogens (tertiary/aromatic N) is 2. The highest BCUT2D eigenvalue weighted by atomic mass is 32.2. The Morgan fingerprint density at radius 2 is 1.85 bits per heavy atom. The SMILES string of the molecule is CCOC(=O)C1=C(C)N=c2s/c(=C\c3ccc(C(=O)O)cc3)c(=O)n2[C@H]1c1ccc(SC)cc1. The van der Waals surface area contributed by atoms with E-state index in [1.807, 2.05) is 30.5 Å². The Morgan fingerprint density at radius 1 is 1.18 bits per heavy atom. The number of rotatable bonds is 6. The summed E-state index contributed by atoms with van der Waals surface area (Å²) in [6, 6.07) is 13.4. The third-order valence-corrected chi connectivity index (χ3v) is 7.13. The molecule has 0 aliphatic carbocycles. The first-order chi connectivity index (χ1) is 16.3. The van der Waals surface area contributed by atoms with E-state index in [4.69, 9.17) is 9.84 Å². The fraction of sp³-hybridized carbons (Fsp3) is 0.200. The van der Waals surface area contributed by atoms with Gasteiger partial charge in [-0.2, -0.15) is 0 Å². The average Bonchev–Trinajstić information content (AvgIpc) is 3.13. The van der Waals surface area contributed by atoms with Crippen LogP contribution in [0.5, 0.6) is 0 Å². The minimum Gasteiger partial charge on any atom is -0.478 e. The maximum atomic E-state index is 13.5. The highest BCUT2D eigenvalue weighted by Gasteiger charge is 2.33. The van der Waals surface area contributed by atoms with Gasteiger partial charge in [0.15, 0.2) is 4.80 Å². The van der Waals surface area contributed by atoms with Crippen LogP contribution in [-0.2, 0) is 9.53 Å². The number of hydrogen-bond donors (Lipinski definition) is 1. The summed E-state index contributed by atoms with van der Waals surface area (Å²) in [6.45, 7) is 3.70. The van der Waals surface area contributed by atoms with Crippen LogP contribution in [0, 0.1) is 0 Å². The fourth-order valence-corrected chi connectivity index (χ4v) is 5.22. The van der Waals surface area contributed by atoms with E-state index in [1.165, 1.54) is 28.0 Å². The van der Waals surface area contributed by atoms with Gasteiger partial charge in [0.05, 0.1) is 34.0 Å². The summed E-state index contributed by atoms with van der Waals surface area (Å²) in [4.78, 5) is 43.7. The summed E-state index contributed by atoms with van der Waals surface area (Å²) in [6.07, 6.45) is 3.68. The Balaban J connectivity index is 1.90. The van der Waals surface area contributed by atoms with Crippen LogP contribution < -0.4 is 14.9 Å². The van der Waals surface area contributed by atoms with Gasteiger partial charge in [-0.3, -0.25) is 9.36 Å². The van der Waals surface area contributed by atoms with Crippen LogP contribution in [0.15, 0.2) is 74.5 Å². The third kappa shape index (κ3) is 4.49. The topological polar surface area (TPSA) is 98.0 Å². The van der Waals surface area contributed by atoms with Gasteiger partial charge in [-0.15, -0.1) is 11.8 Å². The molecule has 0 radical (unpaired) electrons. The number of esters is 1. The van der Waals surface area contributed by atoms with E-state index in [-0.39, 0.29) is 17.7 Å². The molecule has 174 valence electrons. The molecule has 0 bridgehead atoms. The highest BCUT2D eigenvalue weighted by Crippen LogP contribution is 2.31. The van der Waals surface area contributed by atoms with Gasteiger partial charge in [0, 0.05) is 4.90 Å². The second kappa shape index (κ2) is 9.82. The van der Waals surface area contributed by atoms with Gasteiger partial charge >= 0.3 is 11.9 Å². The molecule has 2 heterocycles. The zero-order valence-electron chi connectivity index (χ0n) is 18.8. The van der Waals surface area contributed by atoms with Crippen molar-refractivity contribution in [3.63, 3.8) is 0 Å². The first-order valence-electron chi connectivity index (χ1n) is 10.5. The van der Waals surface area contributed by atoms with E-state index < -0.39 is 18.0 Å². The molecule has 0 spiro atoms. The van der Waals surface area contributed by atoms with Crippen LogP contribution in [0.3, 0.4) is 0 Å². The summed E-state index contributed by atoms with van der Waals surface area (Å²) >= 11 is 2.83. The van der Waals surface area contributed by atoms with Crippen LogP contribution in [0.1, 0.15) is 41.4 Å². The predicted octanol–water partition coefficient (Wildman–Crippen LogP) is 3.22. The number of carboxylic acid groups (broad SMARTS) is 1. The van der Waals surface area contributed by atoms with Crippen molar-refractivity contribution in [1.29, 1.82) is 0 Å². The van der Waals surface area contributed by atoms with Crippen LogP contribution in [0.25, 0.3) is 6.08 Å². The number of carboxylic acids is 1. The molecule has 9 heteroatoms. The van der Waals surface area contributed by atoms with Crippen molar-refractivity contribution in [3.05, 3.63) is 96.2 Å². The molecule has 1 aliphatic rings. The number of allylic oxidation sites excluding steroid dienone is 1. The molecule has 0 fully saturated rings. The molecule has 2 aromatic carbocycles. The van der Waals surface area contributed by atoms with Crippen LogP contribution in [0.4, 0.5) is 0 Å². The lowest BCUT2D eigenvalue weighted by atomic mass is 9.96. The number of carbonyl (C=O) groups excluding carboxylic acids is 1. The zero-order chi connectivity index (χ0) is 24.4. The quantitative estimate of drug-likeness (QED) is 0.417. The minimum atomic E-state index is -1.01. The zero-order valence-corrected chi connectivity index (χ0v) is 20.4. The molecule has 0 saturated carbocycles. The largest absolute Gasteiger partial charge is 0.478 e. The molecular formula is C25H22N2O5S2. The molecular weight excluding hydrogens is 472 g/mol. The summed E-state index contributed by atoms with van der Waals surface area (Å²) in [5.41, 5.74) is 2.21.